The molecule has 3 aromatic rings. The number of nitrogens with zero attached hydrogens (tertiary/aromatic N) is 4. The number of hydrogen-bond donors (Lipinski definition) is 1. The molecular weight excluding hydrogens is 388 g/mol. The van der Waals surface area contributed by atoms with Crippen LogP contribution in [0.2, 0.25) is 0 Å². The normalized spacial score (nSPS) is 16.6. The fraction of sp³-hybridized carbons (Fsp3) is 0.364. The lowest BCUT2D eigenvalue weighted by atomic mass is 10.0. The van der Waals surface area contributed by atoms with Gasteiger partial charge in [-0.15, -0.1) is 0 Å². The Hall–Kier alpha value is -3.00. The van der Waals surface area contributed by atoms with Gasteiger partial charge < -0.3 is 15.1 Å². The first-order chi connectivity index (χ1) is 14.4. The van der Waals surface area contributed by atoms with E-state index in [9.17, 15) is 13.6 Å². The van der Waals surface area contributed by atoms with Crippen LogP contribution in [0.4, 0.5) is 14.5 Å². The summed E-state index contributed by atoms with van der Waals surface area (Å²) >= 11 is 0. The Balaban J connectivity index is 1.63. The van der Waals surface area contributed by atoms with Gasteiger partial charge in [0.1, 0.15) is 11.6 Å². The number of anilines is 1. The van der Waals surface area contributed by atoms with Crippen LogP contribution in [-0.2, 0) is 0 Å². The Morgan fingerprint density at radius 1 is 1.27 bits per heavy atom. The maximum Gasteiger partial charge on any atom is 0.255 e. The Morgan fingerprint density at radius 2 is 2.10 bits per heavy atom. The minimum atomic E-state index is -0.443. The summed E-state index contributed by atoms with van der Waals surface area (Å²) in [7, 11) is 3.89. The second-order valence-electron chi connectivity index (χ2n) is 7.85. The summed E-state index contributed by atoms with van der Waals surface area (Å²) in [5.74, 6) is -1.03. The molecule has 1 atom stereocenters. The number of nitrogens with one attached hydrogen (secondary N) is 1. The number of rotatable bonds is 6. The highest BCUT2D eigenvalue weighted by atomic mass is 19.1. The molecule has 0 bridgehead atoms. The fourth-order valence-electron chi connectivity index (χ4n) is 3.98. The van der Waals surface area contributed by atoms with Crippen molar-refractivity contribution in [1.82, 2.24) is 19.8 Å². The number of amides is 1. The quantitative estimate of drug-likeness (QED) is 0.674. The molecular formula is C22H25F2N5O. The molecule has 1 fully saturated rings. The third kappa shape index (κ3) is 4.00. The zero-order chi connectivity index (χ0) is 21.3. The molecule has 1 saturated heterocycles. The molecule has 158 valence electrons. The predicted octanol–water partition coefficient (Wildman–Crippen LogP) is 3.25. The monoisotopic (exact) mass is 413 g/mol. The summed E-state index contributed by atoms with van der Waals surface area (Å²) in [4.78, 5) is 16.7. The van der Waals surface area contributed by atoms with Gasteiger partial charge in [-0.25, -0.2) is 13.3 Å². The van der Waals surface area contributed by atoms with Gasteiger partial charge in [0, 0.05) is 37.1 Å². The van der Waals surface area contributed by atoms with Crippen molar-refractivity contribution in [3.63, 3.8) is 0 Å². The first-order valence-corrected chi connectivity index (χ1v) is 10.1. The molecule has 6 nitrogen and oxygen atoms in total. The molecule has 1 amide bonds. The molecule has 8 heteroatoms. The molecule has 30 heavy (non-hydrogen) atoms. The lowest BCUT2D eigenvalue weighted by molar-refractivity contribution is 0.0952. The lowest BCUT2D eigenvalue weighted by Crippen LogP contribution is -2.31. The number of pyridine rings is 1. The maximum absolute atomic E-state index is 14.4. The molecule has 3 heterocycles. The highest BCUT2D eigenvalue weighted by Gasteiger charge is 2.29. The van der Waals surface area contributed by atoms with E-state index in [0.29, 0.717) is 23.2 Å². The van der Waals surface area contributed by atoms with Crippen molar-refractivity contribution in [3.8, 4) is 0 Å². The van der Waals surface area contributed by atoms with Gasteiger partial charge >= 0.3 is 0 Å². The maximum atomic E-state index is 14.4. The van der Waals surface area contributed by atoms with Gasteiger partial charge in [-0.3, -0.25) is 4.79 Å². The minimum absolute atomic E-state index is 0.182. The van der Waals surface area contributed by atoms with Crippen LogP contribution in [0, 0.1) is 11.6 Å². The van der Waals surface area contributed by atoms with Crippen LogP contribution in [0.5, 0.6) is 0 Å². The first kappa shape index (κ1) is 20.3. The average Bonchev–Trinajstić information content (AvgIpc) is 3.36. The van der Waals surface area contributed by atoms with Gasteiger partial charge in [-0.2, -0.15) is 5.10 Å². The number of carbonyl (C=O) groups excluding carboxylic acids is 1. The summed E-state index contributed by atoms with van der Waals surface area (Å²) < 4.78 is 29.8. The van der Waals surface area contributed by atoms with Gasteiger partial charge in [0.2, 0.25) is 0 Å². The fourth-order valence-corrected chi connectivity index (χ4v) is 3.98. The van der Waals surface area contributed by atoms with E-state index in [2.05, 4.69) is 15.3 Å². The van der Waals surface area contributed by atoms with E-state index in [1.54, 1.807) is 16.9 Å². The van der Waals surface area contributed by atoms with Crippen molar-refractivity contribution < 1.29 is 13.6 Å². The second kappa shape index (κ2) is 8.39. The van der Waals surface area contributed by atoms with Crippen molar-refractivity contribution in [2.75, 3.05) is 38.6 Å². The number of carbonyl (C=O) groups is 1. The summed E-state index contributed by atoms with van der Waals surface area (Å²) in [6.07, 6.45) is 4.96. The van der Waals surface area contributed by atoms with Crippen LogP contribution >= 0.6 is 0 Å². The standard InChI is InChI=1S/C22H25F2N5O/c1-27(2)11-8-25-22(30)18-14-26-29-10-7-16(13-21(18)29)28-9-3-4-20(28)17-12-15(23)5-6-19(17)24/h5-7,10,12-14,20H,3-4,8-9,11H2,1-2H3,(H,25,30)/t20-/m1/s1. The molecule has 0 aliphatic carbocycles. The molecule has 2 aromatic heterocycles. The van der Waals surface area contributed by atoms with Crippen LogP contribution in [0.1, 0.15) is 34.8 Å². The third-order valence-electron chi connectivity index (χ3n) is 5.50. The molecule has 0 spiro atoms. The largest absolute Gasteiger partial charge is 0.364 e. The molecule has 1 N–H and O–H groups in total. The number of benzene rings is 1. The topological polar surface area (TPSA) is 52.9 Å². The van der Waals surface area contributed by atoms with Gasteiger partial charge in [-0.05, 0) is 57.3 Å². The summed E-state index contributed by atoms with van der Waals surface area (Å²) in [6, 6.07) is 7.13. The van der Waals surface area contributed by atoms with E-state index in [4.69, 9.17) is 0 Å². The third-order valence-corrected chi connectivity index (χ3v) is 5.50. The van der Waals surface area contributed by atoms with Crippen molar-refractivity contribution in [2.45, 2.75) is 18.9 Å². The number of likely N-dealkylation sites (N-methyl/N-ethyl adjacent to an activating group) is 1. The van der Waals surface area contributed by atoms with Crippen molar-refractivity contribution >= 4 is 17.1 Å². The molecule has 1 aliphatic rings. The van der Waals surface area contributed by atoms with Crippen molar-refractivity contribution in [1.29, 1.82) is 0 Å². The molecule has 1 aromatic carbocycles. The Labute approximate surface area is 174 Å². The van der Waals surface area contributed by atoms with Crippen LogP contribution in [0.3, 0.4) is 0 Å². The first-order valence-electron chi connectivity index (χ1n) is 10.1. The molecule has 0 radical (unpaired) electrons. The smallest absolute Gasteiger partial charge is 0.255 e. The zero-order valence-electron chi connectivity index (χ0n) is 17.1. The van der Waals surface area contributed by atoms with Gasteiger partial charge in [-0.1, -0.05) is 0 Å². The van der Waals surface area contributed by atoms with Gasteiger partial charge in [0.15, 0.2) is 0 Å². The van der Waals surface area contributed by atoms with E-state index >= 15 is 0 Å². The summed E-state index contributed by atoms with van der Waals surface area (Å²) in [6.45, 7) is 2.01. The highest BCUT2D eigenvalue weighted by Crippen LogP contribution is 2.38. The number of aromatic nitrogens is 2. The van der Waals surface area contributed by atoms with Crippen LogP contribution in [0.25, 0.3) is 5.52 Å². The Morgan fingerprint density at radius 3 is 2.90 bits per heavy atom. The molecule has 0 saturated carbocycles. The predicted molar refractivity (Wildman–Crippen MR) is 112 cm³/mol. The Bertz CT molecular complexity index is 1060. The van der Waals surface area contributed by atoms with Crippen LogP contribution in [0.15, 0.2) is 42.7 Å². The summed E-state index contributed by atoms with van der Waals surface area (Å²) in [5.41, 5.74) is 2.39. The summed E-state index contributed by atoms with van der Waals surface area (Å²) in [5, 5.41) is 7.18. The SMILES string of the molecule is CN(C)CCNC(=O)c1cnn2ccc(N3CCC[C@@H]3c3cc(F)ccc3F)cc12. The van der Waals surface area contributed by atoms with E-state index in [1.807, 2.05) is 31.1 Å². The highest BCUT2D eigenvalue weighted by molar-refractivity contribution is 6.01. The van der Waals surface area contributed by atoms with E-state index in [1.165, 1.54) is 12.1 Å². The van der Waals surface area contributed by atoms with Crippen molar-refractivity contribution in [3.05, 3.63) is 65.5 Å². The molecule has 4 rings (SSSR count). The van der Waals surface area contributed by atoms with Crippen LogP contribution in [-0.4, -0.2) is 54.2 Å². The lowest BCUT2D eigenvalue weighted by Gasteiger charge is -2.27. The molecule has 0 unspecified atom stereocenters. The van der Waals surface area contributed by atoms with E-state index in [0.717, 1.165) is 37.7 Å². The average molecular weight is 413 g/mol. The number of hydrogen-bond acceptors (Lipinski definition) is 4. The minimum Gasteiger partial charge on any atom is -0.364 e. The number of fused-ring (bicyclic) bond motifs is 1. The second-order valence-corrected chi connectivity index (χ2v) is 7.85. The van der Waals surface area contributed by atoms with E-state index in [-0.39, 0.29) is 11.9 Å². The Kier molecular flexibility index (Phi) is 5.67. The van der Waals surface area contributed by atoms with Gasteiger partial charge in [0.25, 0.3) is 5.91 Å². The van der Waals surface area contributed by atoms with Crippen molar-refractivity contribution in [2.24, 2.45) is 0 Å². The van der Waals surface area contributed by atoms with Gasteiger partial charge in [0.05, 0.1) is 23.3 Å². The van der Waals surface area contributed by atoms with Crippen LogP contribution < -0.4 is 10.2 Å². The zero-order valence-corrected chi connectivity index (χ0v) is 17.1. The van der Waals surface area contributed by atoms with E-state index < -0.39 is 11.6 Å². The number of halogens is 2. The molecule has 1 aliphatic heterocycles.